The Morgan fingerprint density at radius 2 is 2.00 bits per heavy atom. The van der Waals surface area contributed by atoms with Crippen LogP contribution < -0.4 is 14.8 Å². The van der Waals surface area contributed by atoms with Gasteiger partial charge in [0.2, 0.25) is 5.91 Å². The number of hydrogen-bond donors (Lipinski definition) is 2. The summed E-state index contributed by atoms with van der Waals surface area (Å²) < 4.78 is 10.3. The maximum absolute atomic E-state index is 11.8. The number of hydrogen-bond acceptors (Lipinski definition) is 4. The van der Waals surface area contributed by atoms with Crippen molar-refractivity contribution in [2.75, 3.05) is 20.8 Å². The Hall–Kier alpha value is -1.75. The monoisotopic (exact) mass is 267 g/mol. The lowest BCUT2D eigenvalue weighted by molar-refractivity contribution is -0.121. The maximum Gasteiger partial charge on any atom is 0.224 e. The van der Waals surface area contributed by atoms with E-state index in [2.05, 4.69) is 5.32 Å². The van der Waals surface area contributed by atoms with E-state index >= 15 is 0 Å². The topological polar surface area (TPSA) is 67.8 Å². The van der Waals surface area contributed by atoms with Crippen LogP contribution in [0.1, 0.15) is 18.9 Å². The van der Waals surface area contributed by atoms with Crippen LogP contribution in [0.25, 0.3) is 0 Å². The standard InChI is InChI=1S/C14H21NO4/c1-4-11(9-16)15-14(17)8-10-5-6-12(18-2)13(7-10)19-3/h5-7,11,16H,4,8-9H2,1-3H3,(H,15,17)/t11-/m1/s1. The van der Waals surface area contributed by atoms with Gasteiger partial charge in [-0.25, -0.2) is 0 Å². The van der Waals surface area contributed by atoms with Crippen LogP contribution in [0, 0.1) is 0 Å². The average molecular weight is 267 g/mol. The third kappa shape index (κ3) is 4.44. The van der Waals surface area contributed by atoms with Crippen LogP contribution in [0.15, 0.2) is 18.2 Å². The lowest BCUT2D eigenvalue weighted by atomic mass is 10.1. The molecule has 0 radical (unpaired) electrons. The molecule has 106 valence electrons. The molecule has 0 bridgehead atoms. The number of benzene rings is 1. The summed E-state index contributed by atoms with van der Waals surface area (Å²) in [7, 11) is 3.12. The Bertz CT molecular complexity index is 416. The van der Waals surface area contributed by atoms with Crippen molar-refractivity contribution in [2.45, 2.75) is 25.8 Å². The first kappa shape index (κ1) is 15.3. The third-order valence-electron chi connectivity index (χ3n) is 2.89. The van der Waals surface area contributed by atoms with Gasteiger partial charge in [-0.05, 0) is 24.1 Å². The van der Waals surface area contributed by atoms with Crippen molar-refractivity contribution >= 4 is 5.91 Å². The second kappa shape index (κ2) is 7.63. The fourth-order valence-corrected chi connectivity index (χ4v) is 1.73. The van der Waals surface area contributed by atoms with E-state index in [1.165, 1.54) is 0 Å². The van der Waals surface area contributed by atoms with E-state index in [1.54, 1.807) is 26.4 Å². The number of rotatable bonds is 7. The van der Waals surface area contributed by atoms with Gasteiger partial charge in [-0.2, -0.15) is 0 Å². The van der Waals surface area contributed by atoms with Gasteiger partial charge in [0.15, 0.2) is 11.5 Å². The van der Waals surface area contributed by atoms with E-state index in [0.29, 0.717) is 17.9 Å². The van der Waals surface area contributed by atoms with Crippen LogP contribution in [0.4, 0.5) is 0 Å². The number of amides is 1. The molecule has 1 atom stereocenters. The molecule has 5 heteroatoms. The summed E-state index contributed by atoms with van der Waals surface area (Å²) >= 11 is 0. The molecule has 1 aromatic rings. The highest BCUT2D eigenvalue weighted by Crippen LogP contribution is 2.27. The minimum atomic E-state index is -0.187. The molecular formula is C14H21NO4. The number of carbonyl (C=O) groups excluding carboxylic acids is 1. The highest BCUT2D eigenvalue weighted by molar-refractivity contribution is 5.79. The van der Waals surface area contributed by atoms with Crippen LogP contribution in [-0.2, 0) is 11.2 Å². The van der Waals surface area contributed by atoms with Gasteiger partial charge in [-0.1, -0.05) is 13.0 Å². The maximum atomic E-state index is 11.8. The Morgan fingerprint density at radius 3 is 2.53 bits per heavy atom. The number of aliphatic hydroxyl groups is 1. The van der Waals surface area contributed by atoms with E-state index in [1.807, 2.05) is 13.0 Å². The molecule has 0 aliphatic carbocycles. The molecule has 0 heterocycles. The van der Waals surface area contributed by atoms with Crippen molar-refractivity contribution < 1.29 is 19.4 Å². The van der Waals surface area contributed by atoms with Gasteiger partial charge in [-0.3, -0.25) is 4.79 Å². The first-order valence-corrected chi connectivity index (χ1v) is 6.25. The molecule has 1 aromatic carbocycles. The average Bonchev–Trinajstić information content (AvgIpc) is 2.44. The van der Waals surface area contributed by atoms with Gasteiger partial charge in [0, 0.05) is 0 Å². The van der Waals surface area contributed by atoms with E-state index in [9.17, 15) is 4.79 Å². The summed E-state index contributed by atoms with van der Waals surface area (Å²) in [6, 6.07) is 5.18. The Morgan fingerprint density at radius 1 is 1.32 bits per heavy atom. The molecule has 0 aliphatic heterocycles. The number of methoxy groups -OCH3 is 2. The lowest BCUT2D eigenvalue weighted by Crippen LogP contribution is -2.37. The largest absolute Gasteiger partial charge is 0.493 e. The zero-order valence-corrected chi connectivity index (χ0v) is 11.6. The second-order valence-electron chi connectivity index (χ2n) is 4.22. The molecule has 2 N–H and O–H groups in total. The Balaban J connectivity index is 2.69. The molecule has 1 amide bonds. The van der Waals surface area contributed by atoms with E-state index < -0.39 is 0 Å². The number of nitrogens with one attached hydrogen (secondary N) is 1. The van der Waals surface area contributed by atoms with Gasteiger partial charge >= 0.3 is 0 Å². The van der Waals surface area contributed by atoms with Crippen LogP contribution in [0.5, 0.6) is 11.5 Å². The van der Waals surface area contributed by atoms with Crippen molar-refractivity contribution in [1.29, 1.82) is 0 Å². The van der Waals surface area contributed by atoms with Crippen LogP contribution in [0.3, 0.4) is 0 Å². The molecule has 0 aromatic heterocycles. The summed E-state index contributed by atoms with van der Waals surface area (Å²) in [5.41, 5.74) is 0.836. The SMILES string of the molecule is CC[C@H](CO)NC(=O)Cc1ccc(OC)c(OC)c1. The molecule has 0 fully saturated rings. The first-order valence-electron chi connectivity index (χ1n) is 6.25. The van der Waals surface area contributed by atoms with E-state index in [4.69, 9.17) is 14.6 Å². The van der Waals surface area contributed by atoms with E-state index in [-0.39, 0.29) is 25.0 Å². The predicted octanol–water partition coefficient (Wildman–Crippen LogP) is 1.13. The summed E-state index contributed by atoms with van der Waals surface area (Å²) in [5, 5.41) is 11.8. The highest BCUT2D eigenvalue weighted by Gasteiger charge is 2.11. The molecule has 19 heavy (non-hydrogen) atoms. The predicted molar refractivity (Wildman–Crippen MR) is 72.6 cm³/mol. The summed E-state index contributed by atoms with van der Waals surface area (Å²) in [6.45, 7) is 1.87. The van der Waals surface area contributed by atoms with E-state index in [0.717, 1.165) is 5.56 Å². The highest BCUT2D eigenvalue weighted by atomic mass is 16.5. The van der Waals surface area contributed by atoms with Gasteiger partial charge < -0.3 is 19.9 Å². The third-order valence-corrected chi connectivity index (χ3v) is 2.89. The number of ether oxygens (including phenoxy) is 2. The lowest BCUT2D eigenvalue weighted by Gasteiger charge is -2.14. The molecular weight excluding hydrogens is 246 g/mol. The summed E-state index contributed by atoms with van der Waals surface area (Å²) in [5.74, 6) is 1.11. The van der Waals surface area contributed by atoms with Crippen LogP contribution in [-0.4, -0.2) is 37.9 Å². The molecule has 5 nitrogen and oxygen atoms in total. The Kier molecular flexibility index (Phi) is 6.15. The summed E-state index contributed by atoms with van der Waals surface area (Å²) in [4.78, 5) is 11.8. The van der Waals surface area contributed by atoms with Gasteiger partial charge in [-0.15, -0.1) is 0 Å². The quantitative estimate of drug-likeness (QED) is 0.777. The van der Waals surface area contributed by atoms with Crippen molar-refractivity contribution in [1.82, 2.24) is 5.32 Å². The number of aliphatic hydroxyl groups excluding tert-OH is 1. The van der Waals surface area contributed by atoms with Crippen LogP contribution in [0.2, 0.25) is 0 Å². The van der Waals surface area contributed by atoms with Crippen molar-refractivity contribution in [3.05, 3.63) is 23.8 Å². The molecule has 0 aliphatic rings. The van der Waals surface area contributed by atoms with Gasteiger partial charge in [0.25, 0.3) is 0 Å². The van der Waals surface area contributed by atoms with Crippen molar-refractivity contribution in [2.24, 2.45) is 0 Å². The molecule has 1 rings (SSSR count). The number of carbonyl (C=O) groups is 1. The van der Waals surface area contributed by atoms with Gasteiger partial charge in [0.05, 0.1) is 33.3 Å². The minimum absolute atomic E-state index is 0.0474. The Labute approximate surface area is 113 Å². The molecule has 0 saturated heterocycles. The minimum Gasteiger partial charge on any atom is -0.493 e. The summed E-state index contributed by atoms with van der Waals surface area (Å²) in [6.07, 6.45) is 0.949. The van der Waals surface area contributed by atoms with Crippen molar-refractivity contribution in [3.8, 4) is 11.5 Å². The second-order valence-corrected chi connectivity index (χ2v) is 4.22. The fourth-order valence-electron chi connectivity index (χ4n) is 1.73. The van der Waals surface area contributed by atoms with Crippen LogP contribution >= 0.6 is 0 Å². The first-order chi connectivity index (χ1) is 9.14. The smallest absolute Gasteiger partial charge is 0.224 e. The molecule has 0 spiro atoms. The molecule has 0 saturated carbocycles. The molecule has 0 unspecified atom stereocenters. The van der Waals surface area contributed by atoms with Crippen molar-refractivity contribution in [3.63, 3.8) is 0 Å². The fraction of sp³-hybridized carbons (Fsp3) is 0.500. The zero-order chi connectivity index (χ0) is 14.3. The zero-order valence-electron chi connectivity index (χ0n) is 11.6. The normalized spacial score (nSPS) is 11.8. The van der Waals surface area contributed by atoms with Gasteiger partial charge in [0.1, 0.15) is 0 Å².